The molecule has 0 saturated carbocycles. The highest BCUT2D eigenvalue weighted by Gasteiger charge is 2.25. The Morgan fingerprint density at radius 1 is 1.18 bits per heavy atom. The third kappa shape index (κ3) is 4.53. The number of fused-ring (bicyclic) bond motifs is 1. The first-order valence-corrected chi connectivity index (χ1v) is 10.9. The minimum Gasteiger partial charge on any atom is -0.457 e. The number of nitro benzene ring substituents is 1. The van der Waals surface area contributed by atoms with E-state index < -0.39 is 16.7 Å². The molecule has 0 fully saturated rings. The largest absolute Gasteiger partial charge is 0.457 e. The maximum absolute atomic E-state index is 12.8. The van der Waals surface area contributed by atoms with Crippen LogP contribution < -0.4 is 11.1 Å². The number of nitriles is 1. The van der Waals surface area contributed by atoms with Crippen LogP contribution in [0.1, 0.15) is 39.4 Å². The third-order valence-corrected chi connectivity index (χ3v) is 6.49. The van der Waals surface area contributed by atoms with Crippen LogP contribution in [0.15, 0.2) is 46.4 Å². The smallest absolute Gasteiger partial charge is 0.269 e. The van der Waals surface area contributed by atoms with Crippen molar-refractivity contribution >= 4 is 39.9 Å². The quantitative estimate of drug-likeness (QED) is 0.239. The fourth-order valence-electron chi connectivity index (χ4n) is 3.71. The molecule has 0 saturated heterocycles. The molecular weight excluding hydrogens is 444 g/mol. The molecule has 2 aromatic heterocycles. The van der Waals surface area contributed by atoms with Crippen LogP contribution in [0.4, 0.5) is 10.7 Å². The Morgan fingerprint density at radius 2 is 1.91 bits per heavy atom. The summed E-state index contributed by atoms with van der Waals surface area (Å²) in [6, 6.07) is 10.9. The number of amides is 2. The molecule has 0 aliphatic heterocycles. The second-order valence-electron chi connectivity index (χ2n) is 7.41. The van der Waals surface area contributed by atoms with Crippen LogP contribution in [-0.2, 0) is 17.6 Å². The van der Waals surface area contributed by atoms with Crippen molar-refractivity contribution in [3.05, 3.63) is 73.8 Å². The third-order valence-electron chi connectivity index (χ3n) is 5.29. The zero-order chi connectivity index (χ0) is 23.5. The lowest BCUT2D eigenvalue weighted by Gasteiger charge is -2.11. The van der Waals surface area contributed by atoms with E-state index in [1.165, 1.54) is 29.5 Å². The van der Waals surface area contributed by atoms with Crippen molar-refractivity contribution < 1.29 is 18.9 Å². The number of furan rings is 1. The predicted octanol–water partition coefficient (Wildman–Crippen LogP) is 4.44. The molecule has 1 aliphatic rings. The maximum Gasteiger partial charge on any atom is 0.269 e. The zero-order valence-corrected chi connectivity index (χ0v) is 18.1. The van der Waals surface area contributed by atoms with Crippen LogP contribution in [0.3, 0.4) is 0 Å². The summed E-state index contributed by atoms with van der Waals surface area (Å²) in [5, 5.41) is 23.3. The van der Waals surface area contributed by atoms with Gasteiger partial charge in [0, 0.05) is 28.6 Å². The highest BCUT2D eigenvalue weighted by molar-refractivity contribution is 7.17. The summed E-state index contributed by atoms with van der Waals surface area (Å²) in [5.74, 6) is -0.593. The minimum atomic E-state index is -0.674. The van der Waals surface area contributed by atoms with E-state index in [4.69, 9.17) is 10.2 Å². The van der Waals surface area contributed by atoms with E-state index in [1.54, 1.807) is 24.3 Å². The van der Waals surface area contributed by atoms with E-state index in [2.05, 4.69) is 5.32 Å². The molecule has 0 spiro atoms. The van der Waals surface area contributed by atoms with E-state index in [-0.39, 0.29) is 17.0 Å². The summed E-state index contributed by atoms with van der Waals surface area (Å²) < 4.78 is 5.68. The predicted molar refractivity (Wildman–Crippen MR) is 122 cm³/mol. The van der Waals surface area contributed by atoms with Gasteiger partial charge >= 0.3 is 0 Å². The number of aryl methyl sites for hydroxylation is 1. The number of rotatable bonds is 6. The second kappa shape index (κ2) is 9.10. The molecule has 2 amide bonds. The molecule has 3 aromatic rings. The van der Waals surface area contributed by atoms with E-state index in [0.717, 1.165) is 36.1 Å². The van der Waals surface area contributed by atoms with Gasteiger partial charge in [0.25, 0.3) is 17.5 Å². The average Bonchev–Trinajstić information content (AvgIpc) is 3.41. The van der Waals surface area contributed by atoms with Crippen molar-refractivity contribution in [2.75, 3.05) is 5.32 Å². The molecule has 1 aromatic carbocycles. The second-order valence-corrected chi connectivity index (χ2v) is 8.51. The summed E-state index contributed by atoms with van der Waals surface area (Å²) >= 11 is 1.32. The molecule has 10 heteroatoms. The molecule has 3 N–H and O–H groups in total. The Balaban J connectivity index is 1.56. The van der Waals surface area contributed by atoms with E-state index in [0.29, 0.717) is 21.9 Å². The molecule has 166 valence electrons. The molecule has 0 atom stereocenters. The van der Waals surface area contributed by atoms with Gasteiger partial charge in [-0.2, -0.15) is 5.26 Å². The average molecular weight is 462 g/mol. The van der Waals surface area contributed by atoms with Gasteiger partial charge in [0.05, 0.1) is 10.5 Å². The van der Waals surface area contributed by atoms with Crippen molar-refractivity contribution in [1.82, 2.24) is 0 Å². The molecule has 0 radical (unpaired) electrons. The monoisotopic (exact) mass is 462 g/mol. The summed E-state index contributed by atoms with van der Waals surface area (Å²) in [4.78, 5) is 36.1. The molecule has 1 aliphatic carbocycles. The fraction of sp³-hybridized carbons (Fsp3) is 0.174. The Kier molecular flexibility index (Phi) is 6.06. The number of primary amides is 1. The molecule has 9 nitrogen and oxygen atoms in total. The zero-order valence-electron chi connectivity index (χ0n) is 17.3. The van der Waals surface area contributed by atoms with Crippen LogP contribution in [0.2, 0.25) is 0 Å². The van der Waals surface area contributed by atoms with Crippen LogP contribution in [0.25, 0.3) is 17.4 Å². The van der Waals surface area contributed by atoms with Gasteiger partial charge in [0.1, 0.15) is 28.2 Å². The minimum absolute atomic E-state index is 0.0422. The van der Waals surface area contributed by atoms with Crippen molar-refractivity contribution in [2.45, 2.75) is 25.7 Å². The van der Waals surface area contributed by atoms with Crippen molar-refractivity contribution in [1.29, 1.82) is 5.26 Å². The van der Waals surface area contributed by atoms with Gasteiger partial charge in [0.2, 0.25) is 0 Å². The summed E-state index contributed by atoms with van der Waals surface area (Å²) in [6.45, 7) is 0. The first kappa shape index (κ1) is 22.0. The van der Waals surface area contributed by atoms with Gasteiger partial charge in [-0.3, -0.25) is 19.7 Å². The molecule has 4 rings (SSSR count). The number of nitrogens with one attached hydrogen (secondary N) is 1. The molecular formula is C23H18N4O5S. The number of hydrogen-bond donors (Lipinski definition) is 2. The van der Waals surface area contributed by atoms with Gasteiger partial charge < -0.3 is 15.5 Å². The lowest BCUT2D eigenvalue weighted by Crippen LogP contribution is -2.19. The first-order valence-electron chi connectivity index (χ1n) is 10.1. The Hall–Kier alpha value is -4.23. The van der Waals surface area contributed by atoms with Crippen LogP contribution in [-0.4, -0.2) is 16.7 Å². The number of hydrogen-bond acceptors (Lipinski definition) is 7. The normalized spacial score (nSPS) is 13.1. The topological polar surface area (TPSA) is 152 Å². The number of carbonyl (C=O) groups excluding carboxylic acids is 2. The van der Waals surface area contributed by atoms with E-state index in [1.807, 2.05) is 6.07 Å². The number of nitrogens with two attached hydrogens (primary N) is 1. The standard InChI is InChI=1S/C23H18N4O5S/c24-12-14(11-16-9-10-18(32-16)13-5-7-15(8-6-13)27(30)31)22(29)26-23-20(21(25)28)17-3-1-2-4-19(17)33-23/h5-11H,1-4H2,(H2,25,28)(H,26,29). The lowest BCUT2D eigenvalue weighted by molar-refractivity contribution is -0.384. The summed E-state index contributed by atoms with van der Waals surface area (Å²) in [5.41, 5.74) is 7.12. The number of nitrogens with zero attached hydrogens (tertiary/aromatic N) is 2. The number of benzene rings is 1. The number of anilines is 1. The lowest BCUT2D eigenvalue weighted by atomic mass is 9.95. The van der Waals surface area contributed by atoms with Gasteiger partial charge in [-0.15, -0.1) is 11.3 Å². The van der Waals surface area contributed by atoms with E-state index >= 15 is 0 Å². The Bertz CT molecular complexity index is 1330. The number of carbonyl (C=O) groups is 2. The van der Waals surface area contributed by atoms with Crippen LogP contribution in [0, 0.1) is 21.4 Å². The van der Waals surface area contributed by atoms with Gasteiger partial charge in [0.15, 0.2) is 0 Å². The Labute approximate surface area is 192 Å². The van der Waals surface area contributed by atoms with Crippen LogP contribution >= 0.6 is 11.3 Å². The maximum atomic E-state index is 12.8. The van der Waals surface area contributed by atoms with Crippen molar-refractivity contribution in [3.8, 4) is 17.4 Å². The Morgan fingerprint density at radius 3 is 2.58 bits per heavy atom. The number of thiophene rings is 1. The van der Waals surface area contributed by atoms with E-state index in [9.17, 15) is 25.0 Å². The van der Waals surface area contributed by atoms with Gasteiger partial charge in [-0.1, -0.05) is 0 Å². The first-order chi connectivity index (χ1) is 15.9. The van der Waals surface area contributed by atoms with Crippen molar-refractivity contribution in [2.24, 2.45) is 5.73 Å². The van der Waals surface area contributed by atoms with Crippen LogP contribution in [0.5, 0.6) is 0 Å². The van der Waals surface area contributed by atoms with Gasteiger partial charge in [-0.05, 0) is 55.5 Å². The van der Waals surface area contributed by atoms with Crippen molar-refractivity contribution in [3.63, 3.8) is 0 Å². The molecule has 2 heterocycles. The molecule has 0 bridgehead atoms. The summed E-state index contributed by atoms with van der Waals surface area (Å²) in [6.07, 6.45) is 4.82. The van der Waals surface area contributed by atoms with Gasteiger partial charge in [-0.25, -0.2) is 0 Å². The molecule has 33 heavy (non-hydrogen) atoms. The summed E-state index contributed by atoms with van der Waals surface area (Å²) in [7, 11) is 0. The molecule has 0 unspecified atom stereocenters. The highest BCUT2D eigenvalue weighted by atomic mass is 32.1. The fourth-order valence-corrected chi connectivity index (χ4v) is 5.00. The number of non-ortho nitro benzene ring substituents is 1. The SMILES string of the molecule is N#CC(=Cc1ccc(-c2ccc([N+](=O)[O-])cc2)o1)C(=O)Nc1sc2c(c1C(N)=O)CCCC2. The highest BCUT2D eigenvalue weighted by Crippen LogP contribution is 2.38. The number of nitro groups is 1.